The van der Waals surface area contributed by atoms with Gasteiger partial charge in [-0.1, -0.05) is 181 Å². The molecule has 0 amide bonds. The first-order chi connectivity index (χ1) is 18.4. The van der Waals surface area contributed by atoms with Crippen LogP contribution in [0.5, 0.6) is 0 Å². The van der Waals surface area contributed by atoms with Crippen LogP contribution < -0.4 is 0 Å². The molecule has 0 radical (unpaired) electrons. The summed E-state index contributed by atoms with van der Waals surface area (Å²) in [6.45, 7) is 4.61. The average Bonchev–Trinajstić information content (AvgIpc) is 3.36. The third-order valence-electron chi connectivity index (χ3n) is 8.53. The summed E-state index contributed by atoms with van der Waals surface area (Å²) in [7, 11) is 0. The summed E-state index contributed by atoms with van der Waals surface area (Å²) in [6, 6.07) is 0. The van der Waals surface area contributed by atoms with E-state index in [1.807, 2.05) is 0 Å². The van der Waals surface area contributed by atoms with Crippen molar-refractivity contribution in [2.24, 2.45) is 0 Å². The molecule has 1 heteroatoms. The summed E-state index contributed by atoms with van der Waals surface area (Å²) in [5.74, 6) is 0. The number of aromatic amines is 1. The highest BCUT2D eigenvalue weighted by molar-refractivity contribution is 5.23. The predicted octanol–water partition coefficient (Wildman–Crippen LogP) is 13.1. The zero-order valence-corrected chi connectivity index (χ0v) is 25.9. The molecule has 1 N–H and O–H groups in total. The lowest BCUT2D eigenvalue weighted by molar-refractivity contribution is 0.534. The summed E-state index contributed by atoms with van der Waals surface area (Å²) < 4.78 is 0. The Labute approximate surface area is 234 Å². The Hall–Kier alpha value is -0.720. The minimum atomic E-state index is 1.29. The first-order valence-corrected chi connectivity index (χ1v) is 17.5. The third-order valence-corrected chi connectivity index (χ3v) is 8.53. The minimum absolute atomic E-state index is 1.29. The maximum absolute atomic E-state index is 3.40. The van der Waals surface area contributed by atoms with Gasteiger partial charge in [0.15, 0.2) is 0 Å². The molecule has 0 saturated carbocycles. The summed E-state index contributed by atoms with van der Waals surface area (Å²) in [6.07, 6.45) is 47.6. The molecule has 0 unspecified atom stereocenters. The lowest BCUT2D eigenvalue weighted by atomic mass is 9.99. The number of aromatic nitrogens is 1. The summed E-state index contributed by atoms with van der Waals surface area (Å²) in [5, 5.41) is 0. The fraction of sp³-hybridized carbons (Fsp3) is 0.889. The molecular formula is C36H69N. The van der Waals surface area contributed by atoms with Crippen LogP contribution in [0.2, 0.25) is 0 Å². The van der Waals surface area contributed by atoms with E-state index >= 15 is 0 Å². The van der Waals surface area contributed by atoms with Crippen LogP contribution in [-0.2, 0) is 12.8 Å². The number of unbranched alkanes of at least 4 members (excludes halogenated alkanes) is 26. The highest BCUT2D eigenvalue weighted by atomic mass is 14.6. The first kappa shape index (κ1) is 34.3. The van der Waals surface area contributed by atoms with Gasteiger partial charge in [-0.15, -0.1) is 0 Å². The topological polar surface area (TPSA) is 15.8 Å². The highest BCUT2D eigenvalue weighted by Crippen LogP contribution is 2.18. The van der Waals surface area contributed by atoms with Gasteiger partial charge in [0.05, 0.1) is 0 Å². The van der Waals surface area contributed by atoms with Crippen molar-refractivity contribution in [3.8, 4) is 0 Å². The Kier molecular flexibility index (Phi) is 26.2. The molecule has 0 spiro atoms. The fourth-order valence-electron chi connectivity index (χ4n) is 5.91. The van der Waals surface area contributed by atoms with Crippen LogP contribution in [0.25, 0.3) is 0 Å². The SMILES string of the molecule is CCCCCCCCCCCCCCCCc1c[nH]cc1CCCCCCCCCCCCCCCC. The zero-order chi connectivity index (χ0) is 26.5. The van der Waals surface area contributed by atoms with Gasteiger partial charge in [-0.3, -0.25) is 0 Å². The quantitative estimate of drug-likeness (QED) is 0.0980. The van der Waals surface area contributed by atoms with Gasteiger partial charge in [-0.2, -0.15) is 0 Å². The second-order valence-electron chi connectivity index (χ2n) is 12.2. The van der Waals surface area contributed by atoms with Crippen LogP contribution in [0.1, 0.15) is 205 Å². The fourth-order valence-corrected chi connectivity index (χ4v) is 5.91. The molecule has 37 heavy (non-hydrogen) atoms. The van der Waals surface area contributed by atoms with Gasteiger partial charge in [-0.05, 0) is 36.8 Å². The average molecular weight is 516 g/mol. The lowest BCUT2D eigenvalue weighted by Gasteiger charge is -2.06. The lowest BCUT2D eigenvalue weighted by Crippen LogP contribution is -1.92. The second kappa shape index (κ2) is 28.3. The highest BCUT2D eigenvalue weighted by Gasteiger charge is 2.04. The summed E-state index contributed by atoms with van der Waals surface area (Å²) in [4.78, 5) is 3.40. The van der Waals surface area contributed by atoms with Crippen LogP contribution >= 0.6 is 0 Å². The van der Waals surface area contributed by atoms with Crippen molar-refractivity contribution in [3.63, 3.8) is 0 Å². The number of aryl methyl sites for hydroxylation is 2. The smallest absolute Gasteiger partial charge is 0.00401 e. The van der Waals surface area contributed by atoms with Crippen LogP contribution in [0, 0.1) is 0 Å². The van der Waals surface area contributed by atoms with Crippen molar-refractivity contribution in [2.45, 2.75) is 206 Å². The van der Waals surface area contributed by atoms with E-state index in [2.05, 4.69) is 31.2 Å². The largest absolute Gasteiger partial charge is 0.367 e. The standard InChI is InChI=1S/C36H69N/c1-3-5-7-9-11-13-15-17-19-21-23-25-27-29-31-35-33-37-34-36(35)32-30-28-26-24-22-20-18-16-14-12-10-8-6-4-2/h33-34,37H,3-32H2,1-2H3. The molecule has 0 aliphatic heterocycles. The molecule has 1 rings (SSSR count). The third kappa shape index (κ3) is 22.9. The molecule has 0 aliphatic rings. The van der Waals surface area contributed by atoms with Crippen molar-refractivity contribution in [2.75, 3.05) is 0 Å². The molecule has 0 aromatic carbocycles. The normalized spacial score (nSPS) is 11.5. The number of hydrogen-bond acceptors (Lipinski definition) is 0. The second-order valence-corrected chi connectivity index (χ2v) is 12.2. The van der Waals surface area contributed by atoms with Gasteiger partial charge in [-0.25, -0.2) is 0 Å². The maximum Gasteiger partial charge on any atom is 0.00401 e. The van der Waals surface area contributed by atoms with E-state index in [1.165, 1.54) is 193 Å². The van der Waals surface area contributed by atoms with Gasteiger partial charge in [0.2, 0.25) is 0 Å². The first-order valence-electron chi connectivity index (χ1n) is 17.5. The Morgan fingerprint density at radius 1 is 0.324 bits per heavy atom. The van der Waals surface area contributed by atoms with Crippen molar-refractivity contribution < 1.29 is 0 Å². The monoisotopic (exact) mass is 516 g/mol. The maximum atomic E-state index is 3.40. The Balaban J connectivity index is 1.85. The predicted molar refractivity (Wildman–Crippen MR) is 169 cm³/mol. The van der Waals surface area contributed by atoms with E-state index in [9.17, 15) is 0 Å². The molecular weight excluding hydrogens is 446 g/mol. The number of nitrogens with one attached hydrogen (secondary N) is 1. The van der Waals surface area contributed by atoms with Crippen LogP contribution in [0.15, 0.2) is 12.4 Å². The number of hydrogen-bond donors (Lipinski definition) is 1. The molecule has 0 fully saturated rings. The Morgan fingerprint density at radius 3 is 0.784 bits per heavy atom. The zero-order valence-electron chi connectivity index (χ0n) is 25.9. The van der Waals surface area contributed by atoms with Crippen LogP contribution in [-0.4, -0.2) is 4.98 Å². The van der Waals surface area contributed by atoms with Crippen molar-refractivity contribution in [1.29, 1.82) is 0 Å². The van der Waals surface area contributed by atoms with E-state index in [0.29, 0.717) is 0 Å². The molecule has 0 bridgehead atoms. The van der Waals surface area contributed by atoms with Crippen molar-refractivity contribution in [3.05, 3.63) is 23.5 Å². The summed E-state index contributed by atoms with van der Waals surface area (Å²) >= 11 is 0. The van der Waals surface area contributed by atoms with Gasteiger partial charge in [0, 0.05) is 12.4 Å². The Bertz CT molecular complexity index is 498. The van der Waals surface area contributed by atoms with Gasteiger partial charge < -0.3 is 4.98 Å². The molecule has 0 atom stereocenters. The van der Waals surface area contributed by atoms with Crippen molar-refractivity contribution >= 4 is 0 Å². The van der Waals surface area contributed by atoms with E-state index in [4.69, 9.17) is 0 Å². The van der Waals surface area contributed by atoms with Crippen LogP contribution in [0.4, 0.5) is 0 Å². The van der Waals surface area contributed by atoms with E-state index in [1.54, 1.807) is 11.1 Å². The molecule has 0 aliphatic carbocycles. The van der Waals surface area contributed by atoms with E-state index < -0.39 is 0 Å². The molecule has 218 valence electrons. The molecule has 0 saturated heterocycles. The van der Waals surface area contributed by atoms with E-state index in [0.717, 1.165) is 0 Å². The molecule has 1 aromatic heterocycles. The summed E-state index contributed by atoms with van der Waals surface area (Å²) in [5.41, 5.74) is 3.21. The minimum Gasteiger partial charge on any atom is -0.367 e. The Morgan fingerprint density at radius 2 is 0.541 bits per heavy atom. The van der Waals surface area contributed by atoms with Gasteiger partial charge >= 0.3 is 0 Å². The number of H-pyrrole nitrogens is 1. The van der Waals surface area contributed by atoms with Crippen molar-refractivity contribution in [1.82, 2.24) is 4.98 Å². The molecule has 1 nitrogen and oxygen atoms in total. The number of rotatable bonds is 30. The molecule has 1 heterocycles. The molecule has 1 aromatic rings. The van der Waals surface area contributed by atoms with E-state index in [-0.39, 0.29) is 0 Å². The van der Waals surface area contributed by atoms with Crippen LogP contribution in [0.3, 0.4) is 0 Å². The van der Waals surface area contributed by atoms with Gasteiger partial charge in [0.25, 0.3) is 0 Å². The van der Waals surface area contributed by atoms with Gasteiger partial charge in [0.1, 0.15) is 0 Å².